The Kier molecular flexibility index (Phi) is 5.60. The second kappa shape index (κ2) is 8.06. The lowest BCUT2D eigenvalue weighted by Crippen LogP contribution is -2.32. The Morgan fingerprint density at radius 3 is 3.08 bits per heavy atom. The van der Waals surface area contributed by atoms with Crippen LogP contribution in [0.2, 0.25) is 0 Å². The summed E-state index contributed by atoms with van der Waals surface area (Å²) in [5, 5.41) is 13.7. The molecule has 1 saturated heterocycles. The minimum absolute atomic E-state index is 0.0910. The summed E-state index contributed by atoms with van der Waals surface area (Å²) in [6.07, 6.45) is 6.12. The molecular weight excluding hydrogens is 322 g/mol. The number of aryl methyl sites for hydroxylation is 2. The van der Waals surface area contributed by atoms with E-state index in [1.54, 1.807) is 24.0 Å². The first-order chi connectivity index (χ1) is 12.1. The maximum atomic E-state index is 12.3. The number of hydrogen-bond acceptors (Lipinski definition) is 6. The highest BCUT2D eigenvalue weighted by Crippen LogP contribution is 2.23. The average molecular weight is 345 g/mol. The minimum atomic E-state index is -0.561. The molecule has 1 aliphatic rings. The number of aromatic nitrogens is 3. The van der Waals surface area contributed by atoms with E-state index in [1.165, 1.54) is 0 Å². The molecule has 8 nitrogen and oxygen atoms in total. The summed E-state index contributed by atoms with van der Waals surface area (Å²) in [5.74, 6) is 0.468. The van der Waals surface area contributed by atoms with Crippen LogP contribution in [-0.2, 0) is 6.54 Å². The van der Waals surface area contributed by atoms with E-state index in [0.29, 0.717) is 30.8 Å². The smallest absolute Gasteiger partial charge is 0.349 e. The summed E-state index contributed by atoms with van der Waals surface area (Å²) in [7, 11) is 0. The fourth-order valence-electron chi connectivity index (χ4n) is 3.09. The van der Waals surface area contributed by atoms with Crippen molar-refractivity contribution in [1.29, 1.82) is 0 Å². The van der Waals surface area contributed by atoms with Crippen molar-refractivity contribution in [3.05, 3.63) is 45.8 Å². The third-order valence-electron chi connectivity index (χ3n) is 4.42. The third-order valence-corrected chi connectivity index (χ3v) is 4.42. The molecule has 0 spiro atoms. The van der Waals surface area contributed by atoms with Gasteiger partial charge in [0.1, 0.15) is 11.3 Å². The van der Waals surface area contributed by atoms with Gasteiger partial charge in [-0.25, -0.2) is 4.79 Å². The van der Waals surface area contributed by atoms with Crippen LogP contribution in [0.5, 0.6) is 0 Å². The maximum Gasteiger partial charge on any atom is 0.349 e. The maximum absolute atomic E-state index is 12.3. The van der Waals surface area contributed by atoms with Crippen LogP contribution < -0.4 is 16.3 Å². The first kappa shape index (κ1) is 17.3. The molecule has 0 radical (unpaired) electrons. The van der Waals surface area contributed by atoms with Gasteiger partial charge in [0.25, 0.3) is 5.91 Å². The molecule has 3 rings (SSSR count). The second-order valence-corrected chi connectivity index (χ2v) is 6.31. The van der Waals surface area contributed by atoms with Gasteiger partial charge in [-0.1, -0.05) is 5.21 Å². The predicted molar refractivity (Wildman–Crippen MR) is 91.5 cm³/mol. The minimum Gasteiger partial charge on any atom is -0.427 e. The molecule has 134 valence electrons. The summed E-state index contributed by atoms with van der Waals surface area (Å²) >= 11 is 0. The van der Waals surface area contributed by atoms with Crippen molar-refractivity contribution in [2.45, 2.75) is 38.6 Å². The SMILES string of the molecule is Cc1cc(C2CCCNC2)oc(=O)c1C(=O)NCCCn1ccnn1. The van der Waals surface area contributed by atoms with Gasteiger partial charge in [-0.3, -0.25) is 9.48 Å². The molecular formula is C17H23N5O3. The summed E-state index contributed by atoms with van der Waals surface area (Å²) in [4.78, 5) is 24.6. The van der Waals surface area contributed by atoms with Crippen LogP contribution in [0.15, 0.2) is 27.7 Å². The molecule has 2 N–H and O–H groups in total. The van der Waals surface area contributed by atoms with Gasteiger partial charge in [0.05, 0.1) is 6.20 Å². The molecule has 1 amide bonds. The highest BCUT2D eigenvalue weighted by atomic mass is 16.4. The fraction of sp³-hybridized carbons (Fsp3) is 0.529. The molecule has 3 heterocycles. The normalized spacial score (nSPS) is 17.4. The molecule has 1 aliphatic heterocycles. The molecule has 2 aromatic rings. The Bertz CT molecular complexity index is 763. The van der Waals surface area contributed by atoms with Gasteiger partial charge in [0.15, 0.2) is 0 Å². The van der Waals surface area contributed by atoms with Gasteiger partial charge in [-0.15, -0.1) is 5.10 Å². The van der Waals surface area contributed by atoms with Crippen LogP contribution in [0.25, 0.3) is 0 Å². The lowest BCUT2D eigenvalue weighted by molar-refractivity contribution is 0.0947. The summed E-state index contributed by atoms with van der Waals surface area (Å²) in [5.41, 5.74) is 0.188. The molecule has 1 atom stereocenters. The van der Waals surface area contributed by atoms with Gasteiger partial charge in [-0.05, 0) is 44.4 Å². The Hall–Kier alpha value is -2.48. The Labute approximate surface area is 145 Å². The first-order valence-electron chi connectivity index (χ1n) is 8.63. The zero-order chi connectivity index (χ0) is 17.6. The number of nitrogens with zero attached hydrogens (tertiary/aromatic N) is 3. The van der Waals surface area contributed by atoms with E-state index in [2.05, 4.69) is 20.9 Å². The topological polar surface area (TPSA) is 102 Å². The predicted octanol–water partition coefficient (Wildman–Crippen LogP) is 0.827. The van der Waals surface area contributed by atoms with Crippen LogP contribution in [-0.4, -0.2) is 40.5 Å². The van der Waals surface area contributed by atoms with Crippen LogP contribution in [0.1, 0.15) is 46.9 Å². The zero-order valence-electron chi connectivity index (χ0n) is 14.3. The van der Waals surface area contributed by atoms with Crippen molar-refractivity contribution < 1.29 is 9.21 Å². The van der Waals surface area contributed by atoms with Gasteiger partial charge in [0, 0.05) is 31.7 Å². The zero-order valence-corrected chi connectivity index (χ0v) is 14.3. The molecule has 1 fully saturated rings. The highest BCUT2D eigenvalue weighted by Gasteiger charge is 2.22. The van der Waals surface area contributed by atoms with E-state index < -0.39 is 11.5 Å². The highest BCUT2D eigenvalue weighted by molar-refractivity contribution is 5.95. The molecule has 0 aromatic carbocycles. The van der Waals surface area contributed by atoms with Crippen molar-refractivity contribution in [2.24, 2.45) is 0 Å². The number of piperidine rings is 1. The number of amides is 1. The summed E-state index contributed by atoms with van der Waals surface area (Å²) < 4.78 is 7.13. The first-order valence-corrected chi connectivity index (χ1v) is 8.63. The van der Waals surface area contributed by atoms with E-state index in [4.69, 9.17) is 4.42 Å². The number of carbonyl (C=O) groups excluding carboxylic acids is 1. The number of nitrogens with one attached hydrogen (secondary N) is 2. The van der Waals surface area contributed by atoms with Gasteiger partial charge >= 0.3 is 5.63 Å². The van der Waals surface area contributed by atoms with E-state index >= 15 is 0 Å². The van der Waals surface area contributed by atoms with Crippen LogP contribution in [0.3, 0.4) is 0 Å². The van der Waals surface area contributed by atoms with Crippen molar-refractivity contribution in [3.63, 3.8) is 0 Å². The van der Waals surface area contributed by atoms with E-state index in [1.807, 2.05) is 6.07 Å². The number of hydrogen-bond donors (Lipinski definition) is 2. The second-order valence-electron chi connectivity index (χ2n) is 6.31. The molecule has 0 aliphatic carbocycles. The molecule has 2 aromatic heterocycles. The standard InChI is InChI=1S/C17H23N5O3/c1-12-10-14(13-4-2-5-18-11-13)25-17(24)15(12)16(23)19-6-3-8-22-9-7-20-21-22/h7,9-10,13,18H,2-6,8,11H2,1H3,(H,19,23). The fourth-order valence-corrected chi connectivity index (χ4v) is 3.09. The molecule has 0 bridgehead atoms. The largest absolute Gasteiger partial charge is 0.427 e. The molecule has 25 heavy (non-hydrogen) atoms. The van der Waals surface area contributed by atoms with Gasteiger partial charge in [0.2, 0.25) is 0 Å². The third kappa shape index (κ3) is 4.33. The van der Waals surface area contributed by atoms with Crippen molar-refractivity contribution >= 4 is 5.91 Å². The van der Waals surface area contributed by atoms with Gasteiger partial charge in [-0.2, -0.15) is 0 Å². The number of rotatable bonds is 6. The van der Waals surface area contributed by atoms with E-state index in [9.17, 15) is 9.59 Å². The van der Waals surface area contributed by atoms with Crippen LogP contribution >= 0.6 is 0 Å². The van der Waals surface area contributed by atoms with Gasteiger partial charge < -0.3 is 15.1 Å². The van der Waals surface area contributed by atoms with E-state index in [0.717, 1.165) is 25.9 Å². The van der Waals surface area contributed by atoms with Crippen LogP contribution in [0.4, 0.5) is 0 Å². The molecule has 8 heteroatoms. The quantitative estimate of drug-likeness (QED) is 0.752. The number of carbonyl (C=O) groups is 1. The lowest BCUT2D eigenvalue weighted by Gasteiger charge is -2.22. The molecule has 0 saturated carbocycles. The van der Waals surface area contributed by atoms with Crippen LogP contribution in [0, 0.1) is 6.92 Å². The average Bonchev–Trinajstić information content (AvgIpc) is 3.12. The van der Waals surface area contributed by atoms with E-state index in [-0.39, 0.29) is 11.5 Å². The monoisotopic (exact) mass is 345 g/mol. The Morgan fingerprint density at radius 1 is 1.52 bits per heavy atom. The summed E-state index contributed by atoms with van der Waals surface area (Å²) in [6, 6.07) is 1.82. The lowest BCUT2D eigenvalue weighted by atomic mass is 9.95. The molecule has 1 unspecified atom stereocenters. The summed E-state index contributed by atoms with van der Waals surface area (Å²) in [6.45, 7) is 4.68. The van der Waals surface area contributed by atoms with Crippen molar-refractivity contribution in [2.75, 3.05) is 19.6 Å². The van der Waals surface area contributed by atoms with Crippen molar-refractivity contribution in [1.82, 2.24) is 25.6 Å². The van der Waals surface area contributed by atoms with Crippen molar-refractivity contribution in [3.8, 4) is 0 Å². The Morgan fingerprint density at radius 2 is 2.40 bits per heavy atom. The Balaban J connectivity index is 1.60.